The van der Waals surface area contributed by atoms with E-state index >= 15 is 0 Å². The number of ether oxygens (including phenoxy) is 1. The number of anilines is 1. The molecule has 0 aliphatic heterocycles. The highest BCUT2D eigenvalue weighted by molar-refractivity contribution is 7.99. The molecule has 0 bridgehead atoms. The Balaban J connectivity index is 1.52. The Morgan fingerprint density at radius 3 is 2.37 bits per heavy atom. The highest BCUT2D eigenvalue weighted by Crippen LogP contribution is 2.29. The van der Waals surface area contributed by atoms with Crippen LogP contribution >= 0.6 is 11.8 Å². The largest absolute Gasteiger partial charge is 0.494 e. The van der Waals surface area contributed by atoms with Gasteiger partial charge >= 0.3 is 0 Å². The number of pyridine rings is 1. The van der Waals surface area contributed by atoms with Gasteiger partial charge in [-0.3, -0.25) is 14.3 Å². The van der Waals surface area contributed by atoms with Crippen molar-refractivity contribution in [3.63, 3.8) is 0 Å². The summed E-state index contributed by atoms with van der Waals surface area (Å²) in [5.74, 6) is 2.08. The summed E-state index contributed by atoms with van der Waals surface area (Å²) in [6.07, 6.45) is 4.53. The van der Waals surface area contributed by atoms with Crippen molar-refractivity contribution in [2.24, 2.45) is 0 Å². The summed E-state index contributed by atoms with van der Waals surface area (Å²) in [4.78, 5) is 16.8. The number of rotatable bonds is 10. The molecule has 0 spiro atoms. The molecule has 7 nitrogen and oxygen atoms in total. The minimum absolute atomic E-state index is 0.0991. The van der Waals surface area contributed by atoms with Gasteiger partial charge in [-0.05, 0) is 73.4 Å². The average Bonchev–Trinajstić information content (AvgIpc) is 3.32. The first kappa shape index (κ1) is 24.5. The molecule has 4 aromatic rings. The van der Waals surface area contributed by atoms with Gasteiger partial charge in [0.2, 0.25) is 5.91 Å². The normalized spacial score (nSPS) is 11.7. The van der Waals surface area contributed by atoms with E-state index in [9.17, 15) is 4.79 Å². The van der Waals surface area contributed by atoms with E-state index in [4.69, 9.17) is 4.74 Å². The number of nitrogens with zero attached hydrogens (tertiary/aromatic N) is 4. The van der Waals surface area contributed by atoms with E-state index in [1.807, 2.05) is 60.0 Å². The quantitative estimate of drug-likeness (QED) is 0.278. The van der Waals surface area contributed by atoms with E-state index in [0.29, 0.717) is 23.5 Å². The van der Waals surface area contributed by atoms with Crippen molar-refractivity contribution in [2.75, 3.05) is 17.7 Å². The van der Waals surface area contributed by atoms with Crippen LogP contribution in [0.3, 0.4) is 0 Å². The van der Waals surface area contributed by atoms with Gasteiger partial charge in [0.15, 0.2) is 11.0 Å². The number of hydrogen-bond acceptors (Lipinski definition) is 6. The van der Waals surface area contributed by atoms with Gasteiger partial charge in [-0.2, -0.15) is 0 Å². The summed E-state index contributed by atoms with van der Waals surface area (Å²) in [5, 5.41) is 12.4. The molecule has 0 saturated carbocycles. The molecule has 180 valence electrons. The van der Waals surface area contributed by atoms with Crippen LogP contribution in [0.25, 0.3) is 17.1 Å². The second-order valence-electron chi connectivity index (χ2n) is 8.07. The molecular formula is C27H29N5O2S. The van der Waals surface area contributed by atoms with Gasteiger partial charge in [0, 0.05) is 29.3 Å². The maximum atomic E-state index is 12.7. The minimum Gasteiger partial charge on any atom is -0.494 e. The van der Waals surface area contributed by atoms with E-state index in [-0.39, 0.29) is 11.7 Å². The van der Waals surface area contributed by atoms with E-state index in [1.54, 1.807) is 12.4 Å². The van der Waals surface area contributed by atoms with Crippen LogP contribution in [0.15, 0.2) is 78.2 Å². The third kappa shape index (κ3) is 6.08. The molecule has 2 heterocycles. The Bertz CT molecular complexity index is 1240. The maximum absolute atomic E-state index is 12.7. The lowest BCUT2D eigenvalue weighted by atomic mass is 9.99. The fourth-order valence-corrected chi connectivity index (χ4v) is 4.35. The standard InChI is InChI=1S/C27H29N5O2S/c1-4-19(3)20-6-8-22(9-7-20)29-25(33)18-35-27-31-30-26(21-14-16-28-17-15-21)32(27)23-10-12-24(13-11-23)34-5-2/h6-17,19H,4-5,18H2,1-3H3,(H,29,33)/t19-/m0/s1. The number of nitrogens with one attached hydrogen (secondary N) is 1. The summed E-state index contributed by atoms with van der Waals surface area (Å²) in [5.41, 5.74) is 3.83. The van der Waals surface area contributed by atoms with Crippen molar-refractivity contribution in [2.45, 2.75) is 38.3 Å². The van der Waals surface area contributed by atoms with Gasteiger partial charge in [-0.15, -0.1) is 10.2 Å². The van der Waals surface area contributed by atoms with Crippen LogP contribution in [0.5, 0.6) is 5.75 Å². The van der Waals surface area contributed by atoms with Crippen LogP contribution in [0.4, 0.5) is 5.69 Å². The molecule has 0 fully saturated rings. The molecule has 0 aliphatic rings. The Morgan fingerprint density at radius 2 is 1.71 bits per heavy atom. The van der Waals surface area contributed by atoms with Crippen molar-refractivity contribution in [1.82, 2.24) is 19.7 Å². The molecule has 1 N–H and O–H groups in total. The van der Waals surface area contributed by atoms with E-state index in [0.717, 1.165) is 29.1 Å². The van der Waals surface area contributed by atoms with Gasteiger partial charge in [-0.1, -0.05) is 37.7 Å². The lowest BCUT2D eigenvalue weighted by molar-refractivity contribution is -0.113. The lowest BCUT2D eigenvalue weighted by Gasteiger charge is -2.12. The minimum atomic E-state index is -0.0991. The fraction of sp³-hybridized carbons (Fsp3) is 0.259. The van der Waals surface area contributed by atoms with Crippen molar-refractivity contribution < 1.29 is 9.53 Å². The first-order valence-corrected chi connectivity index (χ1v) is 12.7. The number of thioether (sulfide) groups is 1. The number of hydrogen-bond donors (Lipinski definition) is 1. The van der Waals surface area contributed by atoms with Gasteiger partial charge in [0.25, 0.3) is 0 Å². The Morgan fingerprint density at radius 1 is 1.00 bits per heavy atom. The number of benzene rings is 2. The molecule has 1 atom stereocenters. The third-order valence-corrected chi connectivity index (χ3v) is 6.61. The van der Waals surface area contributed by atoms with Gasteiger partial charge in [-0.25, -0.2) is 0 Å². The topological polar surface area (TPSA) is 81.9 Å². The van der Waals surface area contributed by atoms with Crippen molar-refractivity contribution >= 4 is 23.4 Å². The molecule has 0 unspecified atom stereocenters. The molecule has 2 aromatic heterocycles. The molecule has 0 radical (unpaired) electrons. The van der Waals surface area contributed by atoms with Crippen molar-refractivity contribution in [1.29, 1.82) is 0 Å². The second kappa shape index (κ2) is 11.7. The van der Waals surface area contributed by atoms with Crippen molar-refractivity contribution in [3.05, 3.63) is 78.6 Å². The Kier molecular flexibility index (Phi) is 8.15. The summed E-state index contributed by atoms with van der Waals surface area (Å²) in [6.45, 7) is 6.93. The number of amides is 1. The highest BCUT2D eigenvalue weighted by Gasteiger charge is 2.17. The lowest BCUT2D eigenvalue weighted by Crippen LogP contribution is -2.14. The molecule has 2 aromatic carbocycles. The SMILES string of the molecule is CCOc1ccc(-n2c(SCC(=O)Nc3ccc([C@@H](C)CC)cc3)nnc2-c2ccncc2)cc1. The molecule has 0 saturated heterocycles. The Labute approximate surface area is 210 Å². The molecule has 0 aliphatic carbocycles. The maximum Gasteiger partial charge on any atom is 0.234 e. The fourth-order valence-electron chi connectivity index (χ4n) is 3.60. The first-order chi connectivity index (χ1) is 17.1. The number of carbonyl (C=O) groups excluding carboxylic acids is 1. The van der Waals surface area contributed by atoms with Crippen LogP contribution in [0.1, 0.15) is 38.7 Å². The van der Waals surface area contributed by atoms with E-state index in [2.05, 4.69) is 46.5 Å². The zero-order valence-electron chi connectivity index (χ0n) is 20.1. The summed E-state index contributed by atoms with van der Waals surface area (Å²) in [6, 6.07) is 19.6. The van der Waals surface area contributed by atoms with Gasteiger partial charge in [0.1, 0.15) is 5.75 Å². The van der Waals surface area contributed by atoms with E-state index in [1.165, 1.54) is 17.3 Å². The van der Waals surface area contributed by atoms with E-state index < -0.39 is 0 Å². The van der Waals surface area contributed by atoms with Crippen LogP contribution < -0.4 is 10.1 Å². The zero-order chi connectivity index (χ0) is 24.6. The zero-order valence-corrected chi connectivity index (χ0v) is 21.0. The van der Waals surface area contributed by atoms with Crippen LogP contribution in [0.2, 0.25) is 0 Å². The summed E-state index contributed by atoms with van der Waals surface area (Å²) in [7, 11) is 0. The van der Waals surface area contributed by atoms with Gasteiger partial charge < -0.3 is 10.1 Å². The molecule has 1 amide bonds. The van der Waals surface area contributed by atoms with Crippen LogP contribution in [0, 0.1) is 0 Å². The molecular weight excluding hydrogens is 458 g/mol. The molecule has 35 heavy (non-hydrogen) atoms. The predicted molar refractivity (Wildman–Crippen MR) is 140 cm³/mol. The monoisotopic (exact) mass is 487 g/mol. The number of aromatic nitrogens is 4. The third-order valence-electron chi connectivity index (χ3n) is 5.69. The number of carbonyl (C=O) groups is 1. The molecule has 4 rings (SSSR count). The average molecular weight is 488 g/mol. The highest BCUT2D eigenvalue weighted by atomic mass is 32.2. The second-order valence-corrected chi connectivity index (χ2v) is 9.02. The smallest absolute Gasteiger partial charge is 0.234 e. The van der Waals surface area contributed by atoms with Crippen molar-refractivity contribution in [3.8, 4) is 22.8 Å². The Hall–Kier alpha value is -3.65. The van der Waals surface area contributed by atoms with Crippen LogP contribution in [-0.2, 0) is 4.79 Å². The predicted octanol–water partition coefficient (Wildman–Crippen LogP) is 5.97. The summed E-state index contributed by atoms with van der Waals surface area (Å²) < 4.78 is 7.53. The first-order valence-electron chi connectivity index (χ1n) is 11.7. The summed E-state index contributed by atoms with van der Waals surface area (Å²) >= 11 is 1.34. The van der Waals surface area contributed by atoms with Crippen LogP contribution in [-0.4, -0.2) is 38.0 Å². The van der Waals surface area contributed by atoms with Gasteiger partial charge in [0.05, 0.1) is 12.4 Å². The molecule has 8 heteroatoms.